The van der Waals surface area contributed by atoms with E-state index < -0.39 is 0 Å². The fourth-order valence-corrected chi connectivity index (χ4v) is 3.57. The van der Waals surface area contributed by atoms with Gasteiger partial charge < -0.3 is 20.5 Å². The third kappa shape index (κ3) is 8.90. The van der Waals surface area contributed by atoms with Crippen LogP contribution in [0.5, 0.6) is 0 Å². The first kappa shape index (κ1) is 24.6. The summed E-state index contributed by atoms with van der Waals surface area (Å²) in [6, 6.07) is 20.0. The molecule has 3 N–H and O–H groups in total. The first-order valence-corrected chi connectivity index (χ1v) is 10.8. The molecular formula is C25H34N2O4. The van der Waals surface area contributed by atoms with E-state index in [0.29, 0.717) is 13.0 Å². The van der Waals surface area contributed by atoms with E-state index in [1.165, 1.54) is 0 Å². The molecule has 3 atom stereocenters. The lowest BCUT2D eigenvalue weighted by Gasteiger charge is -2.26. The van der Waals surface area contributed by atoms with Crippen LogP contribution in [-0.4, -0.2) is 37.7 Å². The fraction of sp³-hybridized carbons (Fsp3) is 0.440. The second-order valence-electron chi connectivity index (χ2n) is 7.73. The minimum atomic E-state index is -0.291. The van der Waals surface area contributed by atoms with Crippen molar-refractivity contribution in [2.75, 3.05) is 13.7 Å². The highest BCUT2D eigenvalue weighted by atomic mass is 16.5. The number of hydrogen-bond donors (Lipinski definition) is 2. The Hall–Kier alpha value is -2.70. The molecule has 2 aromatic rings. The van der Waals surface area contributed by atoms with Crippen LogP contribution in [0.15, 0.2) is 60.7 Å². The molecule has 0 radical (unpaired) electrons. The van der Waals surface area contributed by atoms with Gasteiger partial charge in [-0.1, -0.05) is 67.6 Å². The summed E-state index contributed by atoms with van der Waals surface area (Å²) in [5.74, 6) is -0.663. The number of methoxy groups -OCH3 is 1. The first-order chi connectivity index (χ1) is 15.0. The molecule has 0 aliphatic carbocycles. The van der Waals surface area contributed by atoms with Gasteiger partial charge in [0.25, 0.3) is 0 Å². The predicted octanol–water partition coefficient (Wildman–Crippen LogP) is 3.24. The van der Waals surface area contributed by atoms with Crippen molar-refractivity contribution in [3.63, 3.8) is 0 Å². The van der Waals surface area contributed by atoms with Crippen molar-refractivity contribution in [2.45, 2.75) is 51.4 Å². The summed E-state index contributed by atoms with van der Waals surface area (Å²) in [7, 11) is 1.63. The Kier molecular flexibility index (Phi) is 10.8. The summed E-state index contributed by atoms with van der Waals surface area (Å²) < 4.78 is 10.5. The van der Waals surface area contributed by atoms with Gasteiger partial charge in [-0.3, -0.25) is 9.59 Å². The van der Waals surface area contributed by atoms with Gasteiger partial charge in [0.2, 0.25) is 5.91 Å². The summed E-state index contributed by atoms with van der Waals surface area (Å²) in [5, 5.41) is 3.31. The average molecular weight is 427 g/mol. The first-order valence-electron chi connectivity index (χ1n) is 10.8. The molecule has 3 rings (SSSR count). The van der Waals surface area contributed by atoms with Gasteiger partial charge in [0, 0.05) is 19.6 Å². The highest BCUT2D eigenvalue weighted by molar-refractivity contribution is 5.77. The van der Waals surface area contributed by atoms with Crippen molar-refractivity contribution in [3.05, 3.63) is 71.8 Å². The molecule has 1 fully saturated rings. The zero-order valence-electron chi connectivity index (χ0n) is 18.5. The number of benzene rings is 2. The number of esters is 1. The lowest BCUT2D eigenvalue weighted by atomic mass is 9.96. The molecule has 1 aliphatic rings. The predicted molar refractivity (Wildman–Crippen MR) is 121 cm³/mol. The van der Waals surface area contributed by atoms with Crippen molar-refractivity contribution >= 4 is 11.9 Å². The van der Waals surface area contributed by atoms with Crippen molar-refractivity contribution in [1.29, 1.82) is 0 Å². The van der Waals surface area contributed by atoms with Crippen LogP contribution in [0.4, 0.5) is 0 Å². The zero-order chi connectivity index (χ0) is 22.5. The minimum absolute atomic E-state index is 0.0833. The minimum Gasteiger partial charge on any atom is -0.461 e. The molecule has 6 heteroatoms. The molecule has 0 aromatic heterocycles. The summed E-state index contributed by atoms with van der Waals surface area (Å²) in [6.45, 7) is 3.18. The maximum atomic E-state index is 11.6. The molecule has 168 valence electrons. The van der Waals surface area contributed by atoms with Crippen LogP contribution < -0.4 is 11.1 Å². The average Bonchev–Trinajstić information content (AvgIpc) is 3.33. The van der Waals surface area contributed by atoms with Crippen LogP contribution in [0.3, 0.4) is 0 Å². The van der Waals surface area contributed by atoms with Crippen LogP contribution in [0.25, 0.3) is 0 Å². The smallest absolute Gasteiger partial charge is 0.306 e. The van der Waals surface area contributed by atoms with Gasteiger partial charge in [0.05, 0.1) is 12.0 Å². The van der Waals surface area contributed by atoms with E-state index in [0.717, 1.165) is 36.9 Å². The number of aryl methyl sites for hydroxylation is 1. The van der Waals surface area contributed by atoms with E-state index in [1.807, 2.05) is 67.6 Å². The molecular weight excluding hydrogens is 392 g/mol. The number of carbonyl (C=O) groups is 2. The van der Waals surface area contributed by atoms with Gasteiger partial charge >= 0.3 is 5.97 Å². The highest BCUT2D eigenvalue weighted by Gasteiger charge is 2.31. The van der Waals surface area contributed by atoms with Crippen LogP contribution in [-0.2, 0) is 32.1 Å². The molecule has 2 unspecified atom stereocenters. The molecule has 0 saturated carbocycles. The van der Waals surface area contributed by atoms with Gasteiger partial charge in [-0.25, -0.2) is 0 Å². The molecule has 1 amide bonds. The van der Waals surface area contributed by atoms with Gasteiger partial charge in [-0.15, -0.1) is 0 Å². The van der Waals surface area contributed by atoms with Crippen molar-refractivity contribution in [1.82, 2.24) is 5.32 Å². The number of carbonyl (C=O) groups excluding carboxylic acids is 2. The van der Waals surface area contributed by atoms with Crippen LogP contribution in [0.2, 0.25) is 0 Å². The highest BCUT2D eigenvalue weighted by Crippen LogP contribution is 2.18. The molecule has 0 spiro atoms. The molecule has 2 aromatic carbocycles. The monoisotopic (exact) mass is 426 g/mol. The van der Waals surface area contributed by atoms with Crippen molar-refractivity contribution in [3.8, 4) is 0 Å². The van der Waals surface area contributed by atoms with Crippen molar-refractivity contribution in [2.24, 2.45) is 11.7 Å². The number of rotatable bonds is 9. The van der Waals surface area contributed by atoms with Crippen LogP contribution in [0.1, 0.15) is 37.3 Å². The number of hydrogen-bond acceptors (Lipinski definition) is 5. The second kappa shape index (κ2) is 13.6. The van der Waals surface area contributed by atoms with E-state index in [2.05, 4.69) is 5.32 Å². The van der Waals surface area contributed by atoms with Gasteiger partial charge in [-0.2, -0.15) is 0 Å². The number of ether oxygens (including phenoxy) is 2. The van der Waals surface area contributed by atoms with Crippen LogP contribution >= 0.6 is 0 Å². The Morgan fingerprint density at radius 1 is 1.06 bits per heavy atom. The summed E-state index contributed by atoms with van der Waals surface area (Å²) in [6.07, 6.45) is 3.29. The van der Waals surface area contributed by atoms with Gasteiger partial charge in [-0.05, 0) is 36.9 Å². The largest absolute Gasteiger partial charge is 0.461 e. The number of amides is 1. The molecule has 6 nitrogen and oxygen atoms in total. The van der Waals surface area contributed by atoms with Gasteiger partial charge in [0.15, 0.2) is 0 Å². The molecule has 31 heavy (non-hydrogen) atoms. The fourth-order valence-electron chi connectivity index (χ4n) is 3.57. The van der Waals surface area contributed by atoms with E-state index in [-0.39, 0.29) is 29.9 Å². The van der Waals surface area contributed by atoms with E-state index >= 15 is 0 Å². The lowest BCUT2D eigenvalue weighted by molar-refractivity contribution is -0.144. The lowest BCUT2D eigenvalue weighted by Crippen LogP contribution is -2.44. The Balaban J connectivity index is 0.000000233. The topological polar surface area (TPSA) is 90.6 Å². The summed E-state index contributed by atoms with van der Waals surface area (Å²) in [4.78, 5) is 22.5. The second-order valence-corrected chi connectivity index (χ2v) is 7.73. The van der Waals surface area contributed by atoms with Crippen molar-refractivity contribution < 1.29 is 19.1 Å². The summed E-state index contributed by atoms with van der Waals surface area (Å²) in [5.41, 5.74) is 7.41. The standard InChI is InChI=1S/C16H16O2.C9H18N2O2/c17-16(12-11-14-7-3-1-4-8-14)18-13-15-9-5-2-6-10-15;1-6(9(10)12)8(13-2)7-4-3-5-11-7/h1-10H,11-13H2;6-8,11H,3-5H2,1-2H3,(H2,10,12)/t;6?,7?,8-/m.1/s1. The van der Waals surface area contributed by atoms with E-state index in [1.54, 1.807) is 7.11 Å². The normalized spacial score (nSPS) is 17.2. The Morgan fingerprint density at radius 3 is 2.19 bits per heavy atom. The Morgan fingerprint density at radius 2 is 1.68 bits per heavy atom. The number of primary amides is 1. The molecule has 1 heterocycles. The molecule has 1 aliphatic heterocycles. The quantitative estimate of drug-likeness (QED) is 0.601. The zero-order valence-corrected chi connectivity index (χ0v) is 18.5. The van der Waals surface area contributed by atoms with Gasteiger partial charge in [0.1, 0.15) is 6.61 Å². The third-order valence-corrected chi connectivity index (χ3v) is 5.41. The SMILES string of the molecule is CO[C@@H](C1CCCN1)C(C)C(N)=O.O=C(CCc1ccccc1)OCc1ccccc1. The van der Waals surface area contributed by atoms with Crippen LogP contribution in [0, 0.1) is 5.92 Å². The Bertz CT molecular complexity index is 731. The number of nitrogens with one attached hydrogen (secondary N) is 1. The van der Waals surface area contributed by atoms with E-state index in [9.17, 15) is 9.59 Å². The molecule has 1 saturated heterocycles. The Labute approximate surface area is 185 Å². The third-order valence-electron chi connectivity index (χ3n) is 5.41. The summed E-state index contributed by atoms with van der Waals surface area (Å²) >= 11 is 0. The number of nitrogens with two attached hydrogens (primary N) is 1. The van der Waals surface area contributed by atoms with E-state index in [4.69, 9.17) is 15.2 Å². The maximum Gasteiger partial charge on any atom is 0.306 e. The molecule has 0 bridgehead atoms. The maximum absolute atomic E-state index is 11.6.